The molecule has 10 heteroatoms. The highest BCUT2D eigenvalue weighted by molar-refractivity contribution is 5.99. The predicted octanol–water partition coefficient (Wildman–Crippen LogP) is 1.37. The number of likely N-dealkylation sites (tertiary alicyclic amines) is 1. The third-order valence-electron chi connectivity index (χ3n) is 6.33. The molecule has 1 spiro atoms. The molecule has 2 aromatic carbocycles. The Labute approximate surface area is 187 Å². The van der Waals surface area contributed by atoms with E-state index >= 15 is 0 Å². The van der Waals surface area contributed by atoms with E-state index in [0.29, 0.717) is 18.8 Å². The Hall–Kier alpha value is -3.37. The number of nitrogens with two attached hydrogens (primary N) is 1. The molecule has 5 rings (SSSR count). The summed E-state index contributed by atoms with van der Waals surface area (Å²) in [5.41, 5.74) is 5.96. The van der Waals surface area contributed by atoms with E-state index in [0.717, 1.165) is 0 Å². The molecule has 0 aromatic heterocycles. The summed E-state index contributed by atoms with van der Waals surface area (Å²) in [6, 6.07) is 9.17. The van der Waals surface area contributed by atoms with E-state index in [1.165, 1.54) is 29.2 Å². The van der Waals surface area contributed by atoms with Gasteiger partial charge in [0, 0.05) is 23.1 Å². The third kappa shape index (κ3) is 3.46. The molecule has 3 N–H and O–H groups in total. The van der Waals surface area contributed by atoms with Gasteiger partial charge < -0.3 is 25.4 Å². The number of alkyl halides is 2. The van der Waals surface area contributed by atoms with Crippen molar-refractivity contribution in [2.45, 2.75) is 24.2 Å². The molecule has 2 fully saturated rings. The van der Waals surface area contributed by atoms with Crippen LogP contribution in [0.15, 0.2) is 42.5 Å². The maximum absolute atomic E-state index is 14.7. The second kappa shape index (κ2) is 7.60. The zero-order chi connectivity index (χ0) is 23.4. The monoisotopic (exact) mass is 457 g/mol. The molecule has 3 amide bonds. The molecule has 3 aliphatic rings. The molecular formula is C23H21F2N3O5. The highest BCUT2D eigenvalue weighted by Gasteiger charge is 2.52. The van der Waals surface area contributed by atoms with Crippen molar-refractivity contribution in [2.75, 3.05) is 26.3 Å². The number of amides is 3. The SMILES string of the molecule is NC(=O)C1CC2(CN1C(=O)CNC(=O)c1ccc3c(c1)-c1ccccc1C3(F)F)OCCO2. The Balaban J connectivity index is 1.30. The van der Waals surface area contributed by atoms with Crippen molar-refractivity contribution in [1.82, 2.24) is 10.2 Å². The van der Waals surface area contributed by atoms with E-state index in [-0.39, 0.29) is 35.2 Å². The molecule has 0 bridgehead atoms. The Morgan fingerprint density at radius 1 is 1.06 bits per heavy atom. The smallest absolute Gasteiger partial charge is 0.299 e. The van der Waals surface area contributed by atoms with Crippen molar-refractivity contribution in [2.24, 2.45) is 5.73 Å². The summed E-state index contributed by atoms with van der Waals surface area (Å²) < 4.78 is 40.6. The second-order valence-corrected chi connectivity index (χ2v) is 8.31. The van der Waals surface area contributed by atoms with Crippen LogP contribution >= 0.6 is 0 Å². The van der Waals surface area contributed by atoms with Crippen molar-refractivity contribution in [3.63, 3.8) is 0 Å². The van der Waals surface area contributed by atoms with Gasteiger partial charge in [0.1, 0.15) is 6.04 Å². The largest absolute Gasteiger partial charge is 0.368 e. The van der Waals surface area contributed by atoms with E-state index < -0.39 is 42.0 Å². The first-order valence-corrected chi connectivity index (χ1v) is 10.5. The highest BCUT2D eigenvalue weighted by Crippen LogP contribution is 2.50. The van der Waals surface area contributed by atoms with Crippen LogP contribution in [0.2, 0.25) is 0 Å². The number of hydrogen-bond donors (Lipinski definition) is 2. The van der Waals surface area contributed by atoms with Gasteiger partial charge in [0.25, 0.3) is 11.8 Å². The summed E-state index contributed by atoms with van der Waals surface area (Å²) in [6.07, 6.45) is 0.125. The number of fused-ring (bicyclic) bond motifs is 3. The Morgan fingerprint density at radius 3 is 2.48 bits per heavy atom. The molecule has 0 radical (unpaired) electrons. The molecule has 1 unspecified atom stereocenters. The molecule has 1 aliphatic carbocycles. The van der Waals surface area contributed by atoms with Crippen LogP contribution in [0.5, 0.6) is 0 Å². The summed E-state index contributed by atoms with van der Waals surface area (Å²) in [7, 11) is 0. The minimum Gasteiger partial charge on any atom is -0.368 e. The summed E-state index contributed by atoms with van der Waals surface area (Å²) in [5, 5.41) is 2.50. The van der Waals surface area contributed by atoms with Gasteiger partial charge in [-0.25, -0.2) is 0 Å². The highest BCUT2D eigenvalue weighted by atomic mass is 19.3. The summed E-state index contributed by atoms with van der Waals surface area (Å²) >= 11 is 0. The number of rotatable bonds is 4. The normalized spacial score (nSPS) is 21.6. The molecule has 8 nitrogen and oxygen atoms in total. The lowest BCUT2D eigenvalue weighted by Gasteiger charge is -2.23. The number of carbonyl (C=O) groups is 3. The van der Waals surface area contributed by atoms with Crippen LogP contribution in [0.3, 0.4) is 0 Å². The number of carbonyl (C=O) groups excluding carboxylic acids is 3. The summed E-state index contributed by atoms with van der Waals surface area (Å²) in [4.78, 5) is 38.5. The first-order chi connectivity index (χ1) is 15.7. The first kappa shape index (κ1) is 21.5. The maximum atomic E-state index is 14.7. The molecule has 33 heavy (non-hydrogen) atoms. The van der Waals surface area contributed by atoms with Gasteiger partial charge in [0.2, 0.25) is 11.8 Å². The lowest BCUT2D eigenvalue weighted by Crippen LogP contribution is -2.48. The molecule has 1 atom stereocenters. The molecule has 2 heterocycles. The Morgan fingerprint density at radius 2 is 1.76 bits per heavy atom. The quantitative estimate of drug-likeness (QED) is 0.721. The minimum absolute atomic E-state index is 0.0278. The van der Waals surface area contributed by atoms with Gasteiger partial charge in [0.15, 0.2) is 5.79 Å². The van der Waals surface area contributed by atoms with Gasteiger partial charge in [0.05, 0.1) is 26.3 Å². The fraction of sp³-hybridized carbons (Fsp3) is 0.348. The lowest BCUT2D eigenvalue weighted by molar-refractivity contribution is -0.152. The zero-order valence-electron chi connectivity index (χ0n) is 17.5. The molecule has 2 aromatic rings. The van der Waals surface area contributed by atoms with Gasteiger partial charge in [-0.2, -0.15) is 8.78 Å². The Kier molecular flexibility index (Phi) is 4.95. The molecule has 172 valence electrons. The number of benzene rings is 2. The number of halogens is 2. The topological polar surface area (TPSA) is 111 Å². The summed E-state index contributed by atoms with van der Waals surface area (Å²) in [5.74, 6) is -6.02. The third-order valence-corrected chi connectivity index (χ3v) is 6.33. The predicted molar refractivity (Wildman–Crippen MR) is 111 cm³/mol. The average Bonchev–Trinajstić information content (AvgIpc) is 3.49. The van der Waals surface area contributed by atoms with Crippen LogP contribution in [-0.4, -0.2) is 60.8 Å². The van der Waals surface area contributed by atoms with Crippen LogP contribution in [0.1, 0.15) is 27.9 Å². The molecule has 2 saturated heterocycles. The average molecular weight is 457 g/mol. The van der Waals surface area contributed by atoms with Crippen molar-refractivity contribution < 1.29 is 32.6 Å². The van der Waals surface area contributed by atoms with E-state index in [2.05, 4.69) is 5.32 Å². The van der Waals surface area contributed by atoms with E-state index in [9.17, 15) is 23.2 Å². The second-order valence-electron chi connectivity index (χ2n) is 8.31. The number of primary amides is 1. The number of hydrogen-bond acceptors (Lipinski definition) is 5. The van der Waals surface area contributed by atoms with Gasteiger partial charge in [-0.15, -0.1) is 0 Å². The number of nitrogens with zero attached hydrogens (tertiary/aromatic N) is 1. The molecular weight excluding hydrogens is 436 g/mol. The van der Waals surface area contributed by atoms with Crippen molar-refractivity contribution in [3.8, 4) is 11.1 Å². The van der Waals surface area contributed by atoms with E-state index in [1.807, 2.05) is 0 Å². The van der Waals surface area contributed by atoms with Crippen molar-refractivity contribution in [1.29, 1.82) is 0 Å². The van der Waals surface area contributed by atoms with Gasteiger partial charge in [-0.1, -0.05) is 30.3 Å². The number of ether oxygens (including phenoxy) is 2. The fourth-order valence-electron chi connectivity index (χ4n) is 4.74. The standard InChI is InChI=1S/C23H21F2N3O5/c24-23(25)16-4-2-1-3-14(16)15-9-13(5-6-17(15)23)21(31)27-11-19(29)28-12-22(32-7-8-33-22)10-18(28)20(26)30/h1-6,9,18H,7-8,10-12H2,(H2,26,30)(H,27,31). The van der Waals surface area contributed by atoms with E-state index in [4.69, 9.17) is 15.2 Å². The molecule has 2 aliphatic heterocycles. The minimum atomic E-state index is -3.14. The summed E-state index contributed by atoms with van der Waals surface area (Å²) in [6.45, 7) is 0.331. The van der Waals surface area contributed by atoms with Gasteiger partial charge >= 0.3 is 0 Å². The van der Waals surface area contributed by atoms with Crippen LogP contribution in [0.25, 0.3) is 11.1 Å². The molecule has 0 saturated carbocycles. The maximum Gasteiger partial charge on any atom is 0.299 e. The van der Waals surface area contributed by atoms with Crippen LogP contribution in [-0.2, 0) is 25.0 Å². The first-order valence-electron chi connectivity index (χ1n) is 10.5. The van der Waals surface area contributed by atoms with Gasteiger partial charge in [-0.3, -0.25) is 14.4 Å². The van der Waals surface area contributed by atoms with Crippen molar-refractivity contribution in [3.05, 3.63) is 59.2 Å². The lowest BCUT2D eigenvalue weighted by atomic mass is 10.0. The number of nitrogens with one attached hydrogen (secondary N) is 1. The van der Waals surface area contributed by atoms with Crippen LogP contribution in [0, 0.1) is 0 Å². The fourth-order valence-corrected chi connectivity index (χ4v) is 4.74. The van der Waals surface area contributed by atoms with E-state index in [1.54, 1.807) is 18.2 Å². The Bertz CT molecular complexity index is 1160. The van der Waals surface area contributed by atoms with Crippen molar-refractivity contribution >= 4 is 17.7 Å². The van der Waals surface area contributed by atoms with Crippen LogP contribution in [0.4, 0.5) is 8.78 Å². The van der Waals surface area contributed by atoms with Gasteiger partial charge in [-0.05, 0) is 23.3 Å². The zero-order valence-corrected chi connectivity index (χ0v) is 17.5. The van der Waals surface area contributed by atoms with Crippen LogP contribution < -0.4 is 11.1 Å².